The van der Waals surface area contributed by atoms with Gasteiger partial charge in [0.05, 0.1) is 24.3 Å². The number of carbonyl (C=O) groups is 2. The third-order valence-corrected chi connectivity index (χ3v) is 4.27. The Morgan fingerprint density at radius 3 is 2.16 bits per heavy atom. The van der Waals surface area contributed by atoms with Crippen LogP contribution in [0.2, 0.25) is 0 Å². The largest absolute Gasteiger partial charge is 0.508 e. The molecule has 0 aromatic heterocycles. The Hall–Kier alpha value is -2.36. The highest BCUT2D eigenvalue weighted by molar-refractivity contribution is 5.94. The number of aliphatic hydroxyl groups is 3. The maximum Gasteiger partial charge on any atom is 0.307 e. The number of carbonyl (C=O) groups excluding carboxylic acids is 1. The van der Waals surface area contributed by atoms with E-state index in [1.54, 1.807) is 0 Å². The molecule has 1 saturated carbocycles. The summed E-state index contributed by atoms with van der Waals surface area (Å²) in [4.78, 5) is 24.1. The van der Waals surface area contributed by atoms with Gasteiger partial charge in [-0.1, -0.05) is 0 Å². The third-order valence-electron chi connectivity index (χ3n) is 4.27. The summed E-state index contributed by atoms with van der Waals surface area (Å²) < 4.78 is 0. The predicted molar refractivity (Wildman–Crippen MR) is 85.3 cm³/mol. The number of aliphatic carboxylic acids is 1. The van der Waals surface area contributed by atoms with E-state index in [1.807, 2.05) is 0 Å². The molecule has 1 aliphatic rings. The number of carboxylic acids is 1. The summed E-state index contributed by atoms with van der Waals surface area (Å²) in [5.74, 6) is -2.59. The summed E-state index contributed by atoms with van der Waals surface area (Å²) in [6.45, 7) is 1.20. The van der Waals surface area contributed by atoms with Crippen LogP contribution in [-0.4, -0.2) is 66.9 Å². The lowest BCUT2D eigenvalue weighted by Crippen LogP contribution is -2.53. The zero-order valence-electron chi connectivity index (χ0n) is 13.5. The van der Waals surface area contributed by atoms with Crippen molar-refractivity contribution in [3.8, 4) is 11.5 Å². The number of hydrogen-bond acceptors (Lipinski definition) is 7. The molecular formula is C16H21NO8. The number of hydrogen-bond donors (Lipinski definition) is 6. The van der Waals surface area contributed by atoms with Crippen LogP contribution >= 0.6 is 0 Å². The van der Waals surface area contributed by atoms with E-state index >= 15 is 0 Å². The second-order valence-electron chi connectivity index (χ2n) is 6.18. The summed E-state index contributed by atoms with van der Waals surface area (Å²) in [7, 11) is 0. The van der Waals surface area contributed by atoms with E-state index in [4.69, 9.17) is 5.11 Å². The molecule has 0 bridgehead atoms. The molecule has 0 spiro atoms. The van der Waals surface area contributed by atoms with E-state index in [2.05, 4.69) is 0 Å². The van der Waals surface area contributed by atoms with Gasteiger partial charge in [-0.25, -0.2) is 0 Å². The number of phenols is 2. The first kappa shape index (κ1) is 19.0. The monoisotopic (exact) mass is 355 g/mol. The Balaban J connectivity index is 2.46. The van der Waals surface area contributed by atoms with Crippen LogP contribution < -0.4 is 4.90 Å². The molecule has 1 aromatic carbocycles. The number of anilines is 1. The highest BCUT2D eigenvalue weighted by Crippen LogP contribution is 2.39. The second-order valence-corrected chi connectivity index (χ2v) is 6.18. The van der Waals surface area contributed by atoms with E-state index in [1.165, 1.54) is 6.92 Å². The first-order chi connectivity index (χ1) is 11.6. The number of phenolic OH excluding ortho intramolecular Hbond substituents is 2. The molecule has 1 fully saturated rings. The molecule has 1 amide bonds. The number of benzene rings is 1. The van der Waals surface area contributed by atoms with Gasteiger partial charge in [0.2, 0.25) is 5.91 Å². The molecule has 9 nitrogen and oxygen atoms in total. The van der Waals surface area contributed by atoms with Crippen molar-refractivity contribution in [1.82, 2.24) is 0 Å². The van der Waals surface area contributed by atoms with E-state index in [9.17, 15) is 35.1 Å². The molecule has 1 aromatic rings. The lowest BCUT2D eigenvalue weighted by Gasteiger charge is -2.40. The van der Waals surface area contributed by atoms with Crippen molar-refractivity contribution in [2.75, 3.05) is 4.90 Å². The fraction of sp³-hybridized carbons (Fsp3) is 0.500. The predicted octanol–water partition coefficient (Wildman–Crippen LogP) is -0.677. The number of nitrogens with zero attached hydrogens (tertiary/aromatic N) is 1. The average molecular weight is 355 g/mol. The minimum absolute atomic E-state index is 0.0544. The van der Waals surface area contributed by atoms with E-state index < -0.39 is 48.4 Å². The second kappa shape index (κ2) is 7.26. The molecule has 9 heteroatoms. The average Bonchev–Trinajstić information content (AvgIpc) is 2.48. The molecular weight excluding hydrogens is 334 g/mol. The van der Waals surface area contributed by atoms with Crippen molar-refractivity contribution in [2.24, 2.45) is 0 Å². The molecule has 0 saturated heterocycles. The topological polar surface area (TPSA) is 159 Å². The van der Waals surface area contributed by atoms with Gasteiger partial charge in [-0.05, 0) is 18.9 Å². The molecule has 2 atom stereocenters. The Morgan fingerprint density at radius 1 is 1.12 bits per heavy atom. The van der Waals surface area contributed by atoms with Gasteiger partial charge in [-0.3, -0.25) is 9.59 Å². The number of amides is 1. The van der Waals surface area contributed by atoms with Crippen molar-refractivity contribution >= 4 is 17.6 Å². The fourth-order valence-electron chi connectivity index (χ4n) is 3.17. The molecule has 2 rings (SSSR count). The Bertz CT molecular complexity index is 664. The number of rotatable bonds is 4. The Morgan fingerprint density at radius 2 is 1.68 bits per heavy atom. The molecule has 1 aliphatic carbocycles. The summed E-state index contributed by atoms with van der Waals surface area (Å²) in [6.07, 6.45) is -4.55. The van der Waals surface area contributed by atoms with Gasteiger partial charge < -0.3 is 35.5 Å². The van der Waals surface area contributed by atoms with Crippen LogP contribution in [0.3, 0.4) is 0 Å². The number of aromatic hydroxyl groups is 2. The standard InChI is InChI=1S/C16H21NO8/c1-7(18)17(9-4-12(20)16(25)13(21)5-9)11-6-10(19)2-8(15(11)24)3-14(22)23/h2,6,9,12-13,16,19-21,24-25H,3-5H2,1H3,(H,22,23). The van der Waals surface area contributed by atoms with E-state index in [0.29, 0.717) is 0 Å². The van der Waals surface area contributed by atoms with Gasteiger partial charge in [-0.2, -0.15) is 0 Å². The Kier molecular flexibility index (Phi) is 5.51. The van der Waals surface area contributed by atoms with Crippen molar-refractivity contribution in [2.45, 2.75) is 50.5 Å². The number of carboxylic acid groups (broad SMARTS) is 1. The molecule has 138 valence electrons. The first-order valence-corrected chi connectivity index (χ1v) is 7.72. The highest BCUT2D eigenvalue weighted by atomic mass is 16.4. The molecule has 0 heterocycles. The van der Waals surface area contributed by atoms with E-state index in [-0.39, 0.29) is 29.8 Å². The number of aliphatic hydroxyl groups excluding tert-OH is 3. The first-order valence-electron chi connectivity index (χ1n) is 7.72. The molecule has 25 heavy (non-hydrogen) atoms. The van der Waals surface area contributed by atoms with Crippen LogP contribution in [0.15, 0.2) is 12.1 Å². The van der Waals surface area contributed by atoms with Crippen molar-refractivity contribution in [3.63, 3.8) is 0 Å². The maximum atomic E-state index is 12.1. The highest BCUT2D eigenvalue weighted by Gasteiger charge is 2.39. The van der Waals surface area contributed by atoms with Crippen LogP contribution in [0.5, 0.6) is 11.5 Å². The smallest absolute Gasteiger partial charge is 0.307 e. The van der Waals surface area contributed by atoms with Gasteiger partial charge in [0.1, 0.15) is 17.6 Å². The van der Waals surface area contributed by atoms with Crippen LogP contribution in [0.1, 0.15) is 25.3 Å². The minimum atomic E-state index is -1.34. The third kappa shape index (κ3) is 4.01. The van der Waals surface area contributed by atoms with Gasteiger partial charge in [-0.15, -0.1) is 0 Å². The lowest BCUT2D eigenvalue weighted by molar-refractivity contribution is -0.136. The van der Waals surface area contributed by atoms with Gasteiger partial charge in [0.25, 0.3) is 0 Å². The zero-order valence-corrected chi connectivity index (χ0v) is 13.5. The van der Waals surface area contributed by atoms with Gasteiger partial charge in [0, 0.05) is 24.6 Å². The van der Waals surface area contributed by atoms with Gasteiger partial charge >= 0.3 is 5.97 Å². The minimum Gasteiger partial charge on any atom is -0.508 e. The van der Waals surface area contributed by atoms with Crippen molar-refractivity contribution < 1.29 is 40.2 Å². The SMILES string of the molecule is CC(=O)N(c1cc(O)cc(CC(=O)O)c1O)C1CC(O)C(O)C(O)C1. The van der Waals surface area contributed by atoms with E-state index in [0.717, 1.165) is 17.0 Å². The quantitative estimate of drug-likeness (QED) is 0.388. The molecule has 6 N–H and O–H groups in total. The summed E-state index contributed by atoms with van der Waals surface area (Å²) >= 11 is 0. The van der Waals surface area contributed by atoms with Crippen LogP contribution in [-0.2, 0) is 16.0 Å². The summed E-state index contributed by atoms with van der Waals surface area (Å²) in [6, 6.07) is 1.43. The fourth-order valence-corrected chi connectivity index (χ4v) is 3.17. The maximum absolute atomic E-state index is 12.1. The lowest BCUT2D eigenvalue weighted by atomic mass is 9.86. The summed E-state index contributed by atoms with van der Waals surface area (Å²) in [5.41, 5.74) is -0.199. The van der Waals surface area contributed by atoms with Crippen molar-refractivity contribution in [1.29, 1.82) is 0 Å². The van der Waals surface area contributed by atoms with Crippen LogP contribution in [0.25, 0.3) is 0 Å². The van der Waals surface area contributed by atoms with Crippen LogP contribution in [0, 0.1) is 0 Å². The summed E-state index contributed by atoms with van der Waals surface area (Å²) in [5, 5.41) is 58.4. The molecule has 0 radical (unpaired) electrons. The Labute approximate surface area is 143 Å². The molecule has 0 aliphatic heterocycles. The zero-order chi connectivity index (χ0) is 18.9. The molecule has 2 unspecified atom stereocenters. The van der Waals surface area contributed by atoms with Gasteiger partial charge in [0.15, 0.2) is 0 Å². The van der Waals surface area contributed by atoms with Crippen molar-refractivity contribution in [3.05, 3.63) is 17.7 Å². The normalized spacial score (nSPS) is 26.2. The van der Waals surface area contributed by atoms with Crippen LogP contribution in [0.4, 0.5) is 5.69 Å².